The molecule has 0 spiro atoms. The second-order valence-electron chi connectivity index (χ2n) is 5.81. The number of nitrogens with zero attached hydrogens (tertiary/aromatic N) is 2. The Morgan fingerprint density at radius 2 is 1.67 bits per heavy atom. The molecule has 0 atom stereocenters. The number of ether oxygens (including phenoxy) is 1. The van der Waals surface area contributed by atoms with Crippen molar-refractivity contribution in [3.05, 3.63) is 87.4 Å². The van der Waals surface area contributed by atoms with Crippen LogP contribution < -0.4 is 4.74 Å². The van der Waals surface area contributed by atoms with Crippen LogP contribution in [0.15, 0.2) is 74.0 Å². The van der Waals surface area contributed by atoms with Gasteiger partial charge in [0, 0.05) is 9.50 Å². The molecular formula is C20H14BrClN2O3. The first kappa shape index (κ1) is 17.8. The summed E-state index contributed by atoms with van der Waals surface area (Å²) in [5, 5.41) is 8.83. The van der Waals surface area contributed by atoms with E-state index in [0.717, 1.165) is 15.8 Å². The average molecular weight is 446 g/mol. The van der Waals surface area contributed by atoms with Gasteiger partial charge in [0.05, 0.1) is 6.42 Å². The molecule has 2 aromatic heterocycles. The van der Waals surface area contributed by atoms with Crippen molar-refractivity contribution in [3.8, 4) is 17.4 Å². The third kappa shape index (κ3) is 4.59. The number of hydrogen-bond donors (Lipinski definition) is 0. The van der Waals surface area contributed by atoms with E-state index in [4.69, 9.17) is 25.2 Å². The van der Waals surface area contributed by atoms with Crippen LogP contribution in [-0.2, 0) is 13.0 Å². The summed E-state index contributed by atoms with van der Waals surface area (Å²) in [6, 6.07) is 18.7. The molecule has 0 radical (unpaired) electrons. The number of furan rings is 1. The molecule has 2 aromatic carbocycles. The summed E-state index contributed by atoms with van der Waals surface area (Å²) in [4.78, 5) is 0. The fourth-order valence-electron chi connectivity index (χ4n) is 2.46. The van der Waals surface area contributed by atoms with Crippen molar-refractivity contribution in [2.75, 3.05) is 0 Å². The van der Waals surface area contributed by atoms with E-state index in [1.165, 1.54) is 0 Å². The summed E-state index contributed by atoms with van der Waals surface area (Å²) in [5.74, 6) is 2.80. The van der Waals surface area contributed by atoms with Crippen molar-refractivity contribution in [2.45, 2.75) is 13.0 Å². The van der Waals surface area contributed by atoms with Crippen LogP contribution in [0.25, 0.3) is 11.7 Å². The summed E-state index contributed by atoms with van der Waals surface area (Å²) in [5.41, 5.74) is 1.04. The van der Waals surface area contributed by atoms with Crippen LogP contribution in [0.4, 0.5) is 0 Å². The Morgan fingerprint density at radius 1 is 0.889 bits per heavy atom. The van der Waals surface area contributed by atoms with Crippen LogP contribution in [0.1, 0.15) is 17.2 Å². The average Bonchev–Trinajstić information content (AvgIpc) is 3.32. The van der Waals surface area contributed by atoms with E-state index in [1.807, 2.05) is 54.6 Å². The minimum absolute atomic E-state index is 0.313. The monoisotopic (exact) mass is 444 g/mol. The molecule has 0 aliphatic carbocycles. The van der Waals surface area contributed by atoms with Crippen molar-refractivity contribution in [1.82, 2.24) is 10.2 Å². The van der Waals surface area contributed by atoms with Crippen LogP contribution in [-0.4, -0.2) is 10.2 Å². The molecule has 4 aromatic rings. The largest absolute Gasteiger partial charge is 0.486 e. The maximum absolute atomic E-state index is 5.90. The Bertz CT molecular complexity index is 1030. The zero-order valence-electron chi connectivity index (χ0n) is 14.1. The smallest absolute Gasteiger partial charge is 0.283 e. The van der Waals surface area contributed by atoms with Crippen LogP contribution in [0.3, 0.4) is 0 Å². The molecule has 0 unspecified atom stereocenters. The molecule has 4 rings (SSSR count). The highest BCUT2D eigenvalue weighted by Crippen LogP contribution is 2.23. The predicted octanol–water partition coefficient (Wildman–Crippen LogP) is 5.92. The van der Waals surface area contributed by atoms with Gasteiger partial charge < -0.3 is 13.6 Å². The van der Waals surface area contributed by atoms with E-state index in [2.05, 4.69) is 26.1 Å². The highest BCUT2D eigenvalue weighted by atomic mass is 79.9. The number of rotatable bonds is 6. The standard InChI is InChI=1S/C20H14BrClN2O3/c21-14-3-7-16(8-4-14)25-12-17-9-10-18(26-17)20-24-23-19(27-20)11-13-1-5-15(22)6-2-13/h1-10H,11-12H2. The summed E-state index contributed by atoms with van der Waals surface area (Å²) < 4.78 is 18.1. The van der Waals surface area contributed by atoms with Crippen molar-refractivity contribution < 1.29 is 13.6 Å². The third-order valence-corrected chi connectivity index (χ3v) is 4.58. The van der Waals surface area contributed by atoms with E-state index < -0.39 is 0 Å². The minimum Gasteiger partial charge on any atom is -0.486 e. The number of benzene rings is 2. The molecule has 0 fully saturated rings. The van der Waals surface area contributed by atoms with Gasteiger partial charge in [0.2, 0.25) is 5.89 Å². The summed E-state index contributed by atoms with van der Waals surface area (Å²) in [6.45, 7) is 0.313. The van der Waals surface area contributed by atoms with E-state index in [0.29, 0.717) is 41.4 Å². The topological polar surface area (TPSA) is 61.3 Å². The molecule has 27 heavy (non-hydrogen) atoms. The molecule has 136 valence electrons. The maximum atomic E-state index is 5.90. The Labute approximate surface area is 169 Å². The first-order valence-electron chi connectivity index (χ1n) is 8.20. The molecule has 2 heterocycles. The molecule has 0 aliphatic heterocycles. The summed E-state index contributed by atoms with van der Waals surface area (Å²) in [6.07, 6.45) is 0.532. The second-order valence-corrected chi connectivity index (χ2v) is 7.16. The van der Waals surface area contributed by atoms with Crippen molar-refractivity contribution >= 4 is 27.5 Å². The molecule has 7 heteroatoms. The van der Waals surface area contributed by atoms with Gasteiger partial charge in [0.1, 0.15) is 18.1 Å². The first-order valence-corrected chi connectivity index (χ1v) is 9.37. The fraction of sp³-hybridized carbons (Fsp3) is 0.100. The summed E-state index contributed by atoms with van der Waals surface area (Å²) >= 11 is 9.29. The van der Waals surface area contributed by atoms with Crippen LogP contribution >= 0.6 is 27.5 Å². The van der Waals surface area contributed by atoms with Gasteiger partial charge in [-0.2, -0.15) is 0 Å². The Kier molecular flexibility index (Phi) is 5.27. The molecule has 0 saturated heterocycles. The molecule has 0 bridgehead atoms. The normalized spacial score (nSPS) is 10.9. The third-order valence-electron chi connectivity index (χ3n) is 3.80. The number of aromatic nitrogens is 2. The van der Waals surface area contributed by atoms with Gasteiger partial charge in [-0.05, 0) is 54.1 Å². The van der Waals surface area contributed by atoms with E-state index in [1.54, 1.807) is 6.07 Å². The highest BCUT2D eigenvalue weighted by Gasteiger charge is 2.13. The lowest BCUT2D eigenvalue weighted by atomic mass is 10.1. The van der Waals surface area contributed by atoms with Crippen molar-refractivity contribution in [3.63, 3.8) is 0 Å². The van der Waals surface area contributed by atoms with E-state index in [9.17, 15) is 0 Å². The molecule has 0 aliphatic rings. The second kappa shape index (κ2) is 7.98. The predicted molar refractivity (Wildman–Crippen MR) is 105 cm³/mol. The Hall–Kier alpha value is -2.57. The molecule has 5 nitrogen and oxygen atoms in total. The number of halogens is 2. The van der Waals surface area contributed by atoms with Gasteiger partial charge in [-0.3, -0.25) is 0 Å². The van der Waals surface area contributed by atoms with Crippen LogP contribution in [0.5, 0.6) is 5.75 Å². The lowest BCUT2D eigenvalue weighted by Gasteiger charge is -2.03. The molecule has 0 amide bonds. The molecular weight excluding hydrogens is 432 g/mol. The van der Waals surface area contributed by atoms with Gasteiger partial charge in [0.15, 0.2) is 5.76 Å². The van der Waals surface area contributed by atoms with Gasteiger partial charge in [-0.25, -0.2) is 0 Å². The van der Waals surface area contributed by atoms with E-state index in [-0.39, 0.29) is 0 Å². The van der Waals surface area contributed by atoms with E-state index >= 15 is 0 Å². The minimum atomic E-state index is 0.313. The lowest BCUT2D eigenvalue weighted by molar-refractivity contribution is 0.271. The van der Waals surface area contributed by atoms with Gasteiger partial charge in [0.25, 0.3) is 5.89 Å². The fourth-order valence-corrected chi connectivity index (χ4v) is 2.85. The molecule has 0 saturated carbocycles. The van der Waals surface area contributed by atoms with Gasteiger partial charge >= 0.3 is 0 Å². The first-order chi connectivity index (χ1) is 13.2. The Balaban J connectivity index is 1.40. The van der Waals surface area contributed by atoms with Gasteiger partial charge in [-0.15, -0.1) is 10.2 Å². The maximum Gasteiger partial charge on any atom is 0.283 e. The van der Waals surface area contributed by atoms with Gasteiger partial charge in [-0.1, -0.05) is 39.7 Å². The quantitative estimate of drug-likeness (QED) is 0.369. The highest BCUT2D eigenvalue weighted by molar-refractivity contribution is 9.10. The number of hydrogen-bond acceptors (Lipinski definition) is 5. The lowest BCUT2D eigenvalue weighted by Crippen LogP contribution is -1.93. The molecule has 0 N–H and O–H groups in total. The van der Waals surface area contributed by atoms with Crippen LogP contribution in [0, 0.1) is 0 Å². The Morgan fingerprint density at radius 3 is 2.44 bits per heavy atom. The zero-order chi connectivity index (χ0) is 18.6. The SMILES string of the molecule is Clc1ccc(Cc2nnc(-c3ccc(COc4ccc(Br)cc4)o3)o2)cc1. The van der Waals surface area contributed by atoms with Crippen molar-refractivity contribution in [1.29, 1.82) is 0 Å². The summed E-state index contributed by atoms with van der Waals surface area (Å²) in [7, 11) is 0. The van der Waals surface area contributed by atoms with Crippen LogP contribution in [0.2, 0.25) is 5.02 Å². The van der Waals surface area contributed by atoms with Crippen molar-refractivity contribution in [2.24, 2.45) is 0 Å². The zero-order valence-corrected chi connectivity index (χ0v) is 16.4.